The van der Waals surface area contributed by atoms with Gasteiger partial charge >= 0.3 is 0 Å². The molecule has 0 unspecified atom stereocenters. The van der Waals surface area contributed by atoms with Crippen LogP contribution >= 0.6 is 0 Å². The number of allylic oxidation sites excluding steroid dienone is 3. The average molecular weight is 413 g/mol. The third-order valence-electron chi connectivity index (χ3n) is 5.43. The van der Waals surface area contributed by atoms with Gasteiger partial charge in [-0.05, 0) is 70.9 Å². The van der Waals surface area contributed by atoms with Gasteiger partial charge in [-0.1, -0.05) is 72.8 Å². The molecule has 0 aliphatic heterocycles. The van der Waals surface area contributed by atoms with Crippen LogP contribution in [0.3, 0.4) is 0 Å². The fourth-order valence-corrected chi connectivity index (χ4v) is 4.05. The van der Waals surface area contributed by atoms with Gasteiger partial charge in [-0.15, -0.1) is 0 Å². The standard InChI is InChI=1S/C28H28O3/c29-19-7-13-22-10-1-4-16-25(22)28(26-17-5-2-11-23(26)14-8-20-30)27-18-6-3-12-24(27)15-9-21-31/h1-12,16-21,28-31H,13-15H2. The van der Waals surface area contributed by atoms with E-state index in [4.69, 9.17) is 0 Å². The Morgan fingerprint density at radius 1 is 0.484 bits per heavy atom. The van der Waals surface area contributed by atoms with Crippen LogP contribution in [0.5, 0.6) is 0 Å². The normalized spacial score (nSPS) is 12.8. The first-order valence-electron chi connectivity index (χ1n) is 10.4. The first kappa shape index (κ1) is 22.0. The van der Waals surface area contributed by atoms with Crippen LogP contribution in [0.1, 0.15) is 39.3 Å². The predicted octanol–water partition coefficient (Wildman–Crippen LogP) is 6.71. The molecule has 3 aromatic rings. The second kappa shape index (κ2) is 11.5. The summed E-state index contributed by atoms with van der Waals surface area (Å²) < 4.78 is 0. The van der Waals surface area contributed by atoms with Crippen molar-refractivity contribution in [2.45, 2.75) is 25.2 Å². The molecule has 0 amide bonds. The van der Waals surface area contributed by atoms with Crippen molar-refractivity contribution >= 4 is 0 Å². The van der Waals surface area contributed by atoms with E-state index in [1.54, 1.807) is 18.2 Å². The van der Waals surface area contributed by atoms with Crippen molar-refractivity contribution in [2.24, 2.45) is 0 Å². The molecule has 0 spiro atoms. The molecule has 0 bridgehead atoms. The smallest absolute Gasteiger partial charge is 0.0755 e. The van der Waals surface area contributed by atoms with Gasteiger partial charge in [-0.3, -0.25) is 0 Å². The monoisotopic (exact) mass is 412 g/mol. The Kier molecular flexibility index (Phi) is 8.13. The van der Waals surface area contributed by atoms with E-state index >= 15 is 0 Å². The summed E-state index contributed by atoms with van der Waals surface area (Å²) in [6.07, 6.45) is 10.4. The molecule has 0 aromatic heterocycles. The van der Waals surface area contributed by atoms with Crippen LogP contribution in [0.15, 0.2) is 110 Å². The van der Waals surface area contributed by atoms with E-state index in [0.29, 0.717) is 19.3 Å². The zero-order valence-electron chi connectivity index (χ0n) is 17.4. The highest BCUT2D eigenvalue weighted by Gasteiger charge is 2.23. The molecule has 3 aromatic carbocycles. The van der Waals surface area contributed by atoms with Crippen molar-refractivity contribution in [2.75, 3.05) is 0 Å². The van der Waals surface area contributed by atoms with Crippen molar-refractivity contribution in [3.05, 3.63) is 143 Å². The Hall–Kier alpha value is -3.72. The van der Waals surface area contributed by atoms with E-state index in [1.165, 1.54) is 16.7 Å². The SMILES string of the molecule is OC=CCc1ccccc1C(c1ccccc1CC=CO)c1ccccc1CC=CO. The minimum atomic E-state index is -0.0325. The van der Waals surface area contributed by atoms with E-state index < -0.39 is 0 Å². The lowest BCUT2D eigenvalue weighted by Crippen LogP contribution is -2.11. The van der Waals surface area contributed by atoms with E-state index in [-0.39, 0.29) is 5.92 Å². The first-order valence-corrected chi connectivity index (χ1v) is 10.4. The van der Waals surface area contributed by atoms with Gasteiger partial charge in [-0.2, -0.15) is 0 Å². The minimum Gasteiger partial charge on any atom is -0.516 e. The molecule has 3 heteroatoms. The Morgan fingerprint density at radius 2 is 0.774 bits per heavy atom. The highest BCUT2D eigenvalue weighted by Crippen LogP contribution is 2.38. The summed E-state index contributed by atoms with van der Waals surface area (Å²) >= 11 is 0. The van der Waals surface area contributed by atoms with Gasteiger partial charge in [0.1, 0.15) is 0 Å². The fraction of sp³-hybridized carbons (Fsp3) is 0.143. The second-order valence-electron chi connectivity index (χ2n) is 7.30. The molecule has 0 saturated carbocycles. The molecule has 0 atom stereocenters. The van der Waals surface area contributed by atoms with Crippen molar-refractivity contribution in [1.82, 2.24) is 0 Å². The van der Waals surface area contributed by atoms with Crippen LogP contribution in [0.4, 0.5) is 0 Å². The molecule has 3 nitrogen and oxygen atoms in total. The van der Waals surface area contributed by atoms with Gasteiger partial charge in [-0.25, -0.2) is 0 Å². The molecule has 3 rings (SSSR count). The molecule has 0 aliphatic rings. The van der Waals surface area contributed by atoms with Crippen molar-refractivity contribution in [1.29, 1.82) is 0 Å². The third-order valence-corrected chi connectivity index (χ3v) is 5.43. The third kappa shape index (κ3) is 5.46. The number of aliphatic hydroxyl groups excluding tert-OH is 3. The highest BCUT2D eigenvalue weighted by molar-refractivity contribution is 5.52. The first-order chi connectivity index (χ1) is 15.3. The minimum absolute atomic E-state index is 0.0325. The number of benzene rings is 3. The van der Waals surface area contributed by atoms with Gasteiger partial charge in [0.25, 0.3) is 0 Å². The molecule has 0 heterocycles. The highest BCUT2D eigenvalue weighted by atomic mass is 16.2. The van der Waals surface area contributed by atoms with E-state index in [9.17, 15) is 15.3 Å². The summed E-state index contributed by atoms with van der Waals surface area (Å²) in [5, 5.41) is 27.7. The van der Waals surface area contributed by atoms with Crippen molar-refractivity contribution < 1.29 is 15.3 Å². The summed E-state index contributed by atoms with van der Waals surface area (Å²) in [4.78, 5) is 0. The number of rotatable bonds is 9. The van der Waals surface area contributed by atoms with E-state index in [0.717, 1.165) is 35.5 Å². The summed E-state index contributed by atoms with van der Waals surface area (Å²) in [6.45, 7) is 0. The quantitative estimate of drug-likeness (QED) is 0.270. The van der Waals surface area contributed by atoms with Gasteiger partial charge in [0.15, 0.2) is 0 Å². The lowest BCUT2D eigenvalue weighted by molar-refractivity contribution is 0.471. The lowest BCUT2D eigenvalue weighted by atomic mass is 9.78. The van der Waals surface area contributed by atoms with E-state index in [2.05, 4.69) is 36.4 Å². The van der Waals surface area contributed by atoms with Gasteiger partial charge in [0.2, 0.25) is 0 Å². The summed E-state index contributed by atoms with van der Waals surface area (Å²) in [5.74, 6) is -0.0325. The molecular weight excluding hydrogens is 384 g/mol. The van der Waals surface area contributed by atoms with Crippen molar-refractivity contribution in [3.63, 3.8) is 0 Å². The maximum Gasteiger partial charge on any atom is 0.0755 e. The summed E-state index contributed by atoms with van der Waals surface area (Å²) in [5.41, 5.74) is 6.91. The van der Waals surface area contributed by atoms with Gasteiger partial charge in [0.05, 0.1) is 18.8 Å². The number of aliphatic hydroxyl groups is 3. The summed E-state index contributed by atoms with van der Waals surface area (Å²) in [6, 6.07) is 24.9. The zero-order valence-corrected chi connectivity index (χ0v) is 17.4. The van der Waals surface area contributed by atoms with Crippen LogP contribution in [0, 0.1) is 0 Å². The molecule has 0 radical (unpaired) electrons. The Labute approximate surface area is 184 Å². The maximum atomic E-state index is 9.23. The Balaban J connectivity index is 2.26. The second-order valence-corrected chi connectivity index (χ2v) is 7.30. The lowest BCUT2D eigenvalue weighted by Gasteiger charge is -2.26. The number of hydrogen-bond donors (Lipinski definition) is 3. The number of hydrogen-bond acceptors (Lipinski definition) is 3. The van der Waals surface area contributed by atoms with Gasteiger partial charge < -0.3 is 15.3 Å². The molecule has 0 saturated heterocycles. The molecule has 0 aliphatic carbocycles. The topological polar surface area (TPSA) is 60.7 Å². The molecule has 3 N–H and O–H groups in total. The van der Waals surface area contributed by atoms with Crippen molar-refractivity contribution in [3.8, 4) is 0 Å². The van der Waals surface area contributed by atoms with E-state index in [1.807, 2.05) is 36.4 Å². The average Bonchev–Trinajstić information content (AvgIpc) is 2.82. The largest absolute Gasteiger partial charge is 0.516 e. The Morgan fingerprint density at radius 3 is 1.06 bits per heavy atom. The van der Waals surface area contributed by atoms with Gasteiger partial charge in [0, 0.05) is 5.92 Å². The van der Waals surface area contributed by atoms with Crippen LogP contribution < -0.4 is 0 Å². The Bertz CT molecular complexity index is 926. The molecule has 158 valence electrons. The zero-order chi connectivity index (χ0) is 21.9. The van der Waals surface area contributed by atoms with Crippen LogP contribution in [-0.4, -0.2) is 15.3 Å². The molecular formula is C28H28O3. The predicted molar refractivity (Wildman–Crippen MR) is 127 cm³/mol. The van der Waals surface area contributed by atoms with Crippen LogP contribution in [0.2, 0.25) is 0 Å². The summed E-state index contributed by atoms with van der Waals surface area (Å²) in [7, 11) is 0. The fourth-order valence-electron chi connectivity index (χ4n) is 4.05. The maximum absolute atomic E-state index is 9.23. The van der Waals surface area contributed by atoms with Crippen LogP contribution in [-0.2, 0) is 19.3 Å². The molecule has 31 heavy (non-hydrogen) atoms. The van der Waals surface area contributed by atoms with Crippen LogP contribution in [0.25, 0.3) is 0 Å². The molecule has 0 fully saturated rings.